The fraction of sp³-hybridized carbons (Fsp3) is 0.520. The molecule has 5 rings (SSSR count). The summed E-state index contributed by atoms with van der Waals surface area (Å²) in [6, 6.07) is 5.40. The van der Waals surface area contributed by atoms with Gasteiger partial charge in [0.25, 0.3) is 0 Å². The fourth-order valence-corrected chi connectivity index (χ4v) is 6.76. The number of nitrogens with one attached hydrogen (secondary N) is 1. The number of hydrogen-bond donors (Lipinski definition) is 1. The van der Waals surface area contributed by atoms with Gasteiger partial charge in [0.2, 0.25) is 11.8 Å². The molecule has 3 saturated carbocycles. The zero-order valence-corrected chi connectivity index (χ0v) is 20.0. The van der Waals surface area contributed by atoms with E-state index in [1.54, 1.807) is 12.1 Å². The third-order valence-corrected chi connectivity index (χ3v) is 9.38. The Morgan fingerprint density at radius 2 is 1.94 bits per heavy atom. The van der Waals surface area contributed by atoms with Crippen molar-refractivity contribution in [3.8, 4) is 5.88 Å². The van der Waals surface area contributed by atoms with Crippen LogP contribution >= 0.6 is 0 Å². The number of methoxy groups -OCH3 is 1. The van der Waals surface area contributed by atoms with Crippen molar-refractivity contribution in [1.29, 1.82) is 0 Å². The van der Waals surface area contributed by atoms with E-state index < -0.39 is 15.8 Å². The van der Waals surface area contributed by atoms with Gasteiger partial charge in [0.15, 0.2) is 15.7 Å². The normalized spacial score (nSPS) is 21.3. The van der Waals surface area contributed by atoms with Gasteiger partial charge in [-0.2, -0.15) is 0 Å². The molecule has 1 N–H and O–H groups in total. The minimum absolute atomic E-state index is 0.129. The van der Waals surface area contributed by atoms with Gasteiger partial charge in [-0.3, -0.25) is 9.59 Å². The molecule has 0 aliphatic heterocycles. The molecule has 3 aliphatic rings. The first-order valence-electron chi connectivity index (χ1n) is 11.9. The molecule has 1 aromatic heterocycles. The number of benzene rings is 1. The van der Waals surface area contributed by atoms with Gasteiger partial charge in [-0.1, -0.05) is 12.1 Å². The van der Waals surface area contributed by atoms with Gasteiger partial charge in [0.1, 0.15) is 5.78 Å². The number of rotatable bonds is 9. The van der Waals surface area contributed by atoms with Crippen molar-refractivity contribution in [3.05, 3.63) is 41.7 Å². The molecule has 2 atom stereocenters. The lowest BCUT2D eigenvalue weighted by Crippen LogP contribution is -2.24. The highest BCUT2D eigenvalue weighted by atomic mass is 32.2. The number of ketones is 1. The maximum Gasteiger partial charge on any atom is 0.233 e. The topological polar surface area (TPSA) is 115 Å². The molecule has 34 heavy (non-hydrogen) atoms. The first-order chi connectivity index (χ1) is 16.3. The number of carbonyl (C=O) groups excluding carboxylic acids is 2. The monoisotopic (exact) mass is 483 g/mol. The summed E-state index contributed by atoms with van der Waals surface area (Å²) >= 11 is 0. The second kappa shape index (κ2) is 9.09. The van der Waals surface area contributed by atoms with Crippen molar-refractivity contribution in [3.63, 3.8) is 0 Å². The van der Waals surface area contributed by atoms with E-state index >= 15 is 0 Å². The van der Waals surface area contributed by atoms with Crippen LogP contribution in [0.25, 0.3) is 0 Å². The Balaban J connectivity index is 1.45. The lowest BCUT2D eigenvalue weighted by molar-refractivity contribution is -0.119. The van der Waals surface area contributed by atoms with E-state index in [0.29, 0.717) is 35.9 Å². The Hall–Kier alpha value is -2.81. The largest absolute Gasteiger partial charge is 0.480 e. The summed E-state index contributed by atoms with van der Waals surface area (Å²) in [7, 11) is -1.83. The first kappa shape index (κ1) is 23.0. The van der Waals surface area contributed by atoms with E-state index in [4.69, 9.17) is 4.74 Å². The molecule has 3 fully saturated rings. The van der Waals surface area contributed by atoms with Gasteiger partial charge >= 0.3 is 0 Å². The molecule has 8 nitrogen and oxygen atoms in total. The number of nitrogens with zero attached hydrogens (tertiary/aromatic N) is 2. The van der Waals surface area contributed by atoms with Gasteiger partial charge in [0.05, 0.1) is 35.6 Å². The van der Waals surface area contributed by atoms with E-state index in [1.807, 2.05) is 6.07 Å². The van der Waals surface area contributed by atoms with Crippen LogP contribution in [-0.4, -0.2) is 42.4 Å². The zero-order valence-electron chi connectivity index (χ0n) is 19.2. The van der Waals surface area contributed by atoms with E-state index in [1.165, 1.54) is 19.5 Å². The van der Waals surface area contributed by atoms with Crippen LogP contribution in [0.3, 0.4) is 0 Å². The van der Waals surface area contributed by atoms with Crippen molar-refractivity contribution in [2.45, 2.75) is 73.3 Å². The second-order valence-corrected chi connectivity index (χ2v) is 11.9. The summed E-state index contributed by atoms with van der Waals surface area (Å²) in [4.78, 5) is 34.0. The highest BCUT2D eigenvalue weighted by Crippen LogP contribution is 2.47. The summed E-state index contributed by atoms with van der Waals surface area (Å²) in [6.45, 7) is 0. The number of amides is 1. The van der Waals surface area contributed by atoms with Crippen LogP contribution in [0.5, 0.6) is 5.88 Å². The molecule has 0 saturated heterocycles. The van der Waals surface area contributed by atoms with Gasteiger partial charge in [-0.25, -0.2) is 18.4 Å². The van der Waals surface area contributed by atoms with E-state index in [0.717, 1.165) is 43.2 Å². The zero-order chi connectivity index (χ0) is 23.9. The maximum atomic E-state index is 13.4. The van der Waals surface area contributed by atoms with Gasteiger partial charge in [-0.05, 0) is 67.6 Å². The molecule has 2 aromatic rings. The third-order valence-electron chi connectivity index (χ3n) is 7.04. The molecule has 1 heterocycles. The Kier molecular flexibility index (Phi) is 6.14. The smallest absolute Gasteiger partial charge is 0.233 e. The van der Waals surface area contributed by atoms with Crippen LogP contribution < -0.4 is 10.1 Å². The molecular weight excluding hydrogens is 454 g/mol. The fourth-order valence-electron chi connectivity index (χ4n) is 4.83. The second-order valence-electron chi connectivity index (χ2n) is 9.68. The number of Topliss-reactive ketones (excluding diaryl/α,β-unsaturated/α-hetero) is 1. The van der Waals surface area contributed by atoms with Gasteiger partial charge in [-0.15, -0.1) is 0 Å². The van der Waals surface area contributed by atoms with E-state index in [9.17, 15) is 18.0 Å². The molecule has 0 spiro atoms. The number of hydrogen-bond acceptors (Lipinski definition) is 7. The average molecular weight is 484 g/mol. The first-order valence-corrected chi connectivity index (χ1v) is 13.5. The Morgan fingerprint density at radius 1 is 1.15 bits per heavy atom. The number of aromatic nitrogens is 2. The van der Waals surface area contributed by atoms with Crippen LogP contribution in [0.2, 0.25) is 0 Å². The molecule has 0 unspecified atom stereocenters. The lowest BCUT2D eigenvalue weighted by Gasteiger charge is -2.22. The summed E-state index contributed by atoms with van der Waals surface area (Å²) in [5.41, 5.74) is 1.63. The van der Waals surface area contributed by atoms with Crippen molar-refractivity contribution in [2.24, 2.45) is 5.92 Å². The molecule has 0 bridgehead atoms. The number of carbonyl (C=O) groups is 2. The van der Waals surface area contributed by atoms with Gasteiger partial charge in [0, 0.05) is 12.8 Å². The van der Waals surface area contributed by atoms with E-state index in [2.05, 4.69) is 15.3 Å². The molecule has 3 aliphatic carbocycles. The number of anilines is 1. The summed E-state index contributed by atoms with van der Waals surface area (Å²) in [5, 5.41) is 2.57. The molecule has 1 aromatic carbocycles. The molecular formula is C25H29N3O5S. The summed E-state index contributed by atoms with van der Waals surface area (Å²) in [5.74, 6) is 0.495. The van der Waals surface area contributed by atoms with Gasteiger partial charge < -0.3 is 10.1 Å². The minimum atomic E-state index is -3.32. The molecule has 9 heteroatoms. The van der Waals surface area contributed by atoms with Crippen LogP contribution in [0.15, 0.2) is 35.5 Å². The van der Waals surface area contributed by atoms with Crippen molar-refractivity contribution < 1.29 is 22.7 Å². The molecule has 180 valence electrons. The van der Waals surface area contributed by atoms with Crippen molar-refractivity contribution >= 4 is 27.3 Å². The van der Waals surface area contributed by atoms with Crippen molar-refractivity contribution in [2.75, 3.05) is 12.4 Å². The average Bonchev–Trinajstić information content (AvgIpc) is 3.75. The highest BCUT2D eigenvalue weighted by molar-refractivity contribution is 7.92. The minimum Gasteiger partial charge on any atom is -0.480 e. The van der Waals surface area contributed by atoms with Crippen LogP contribution in [-0.2, 0) is 19.4 Å². The Morgan fingerprint density at radius 3 is 2.53 bits per heavy atom. The predicted molar refractivity (Wildman–Crippen MR) is 126 cm³/mol. The number of sulfone groups is 1. The summed E-state index contributed by atoms with van der Waals surface area (Å²) in [6.07, 6.45) is 8.57. The summed E-state index contributed by atoms with van der Waals surface area (Å²) < 4.78 is 31.1. The van der Waals surface area contributed by atoms with Crippen LogP contribution in [0.4, 0.5) is 5.82 Å². The SMILES string of the molecule is COc1cnc(NC(=O)[C@H](C[C@H]2CCC(=O)C2)c2ccc(S(=O)(=O)C3CC3)c(C3CC3)c2)cn1. The maximum absolute atomic E-state index is 13.4. The predicted octanol–water partition coefficient (Wildman–Crippen LogP) is 3.78. The number of ether oxygens (including phenoxy) is 1. The molecule has 0 radical (unpaired) electrons. The lowest BCUT2D eigenvalue weighted by atomic mass is 9.86. The quantitative estimate of drug-likeness (QED) is 0.577. The third kappa shape index (κ3) is 4.85. The molecule has 1 amide bonds. The van der Waals surface area contributed by atoms with E-state index in [-0.39, 0.29) is 28.8 Å². The Bertz CT molecular complexity index is 1200. The standard InChI is InChI=1S/C25H29N3O5S/c1-33-24-14-26-23(13-27-24)28-25(30)21(11-15-2-6-18(29)10-15)17-5-9-22(20(12-17)16-3-4-16)34(31,32)19-7-8-19/h5,9,12-16,19,21H,2-4,6-8,10-11H2,1H3,(H,26,28,30)/t15-,21+/m0/s1. The highest BCUT2D eigenvalue weighted by Gasteiger charge is 2.41. The van der Waals surface area contributed by atoms with Crippen LogP contribution in [0.1, 0.15) is 74.3 Å². The van der Waals surface area contributed by atoms with Crippen LogP contribution in [0, 0.1) is 5.92 Å². The van der Waals surface area contributed by atoms with Crippen molar-refractivity contribution in [1.82, 2.24) is 9.97 Å². The Labute approximate surface area is 199 Å².